The first-order valence-corrected chi connectivity index (χ1v) is 11.8. The second kappa shape index (κ2) is 8.64. The first kappa shape index (κ1) is 20.5. The van der Waals surface area contributed by atoms with Crippen LogP contribution in [0, 0.1) is 0 Å². The van der Waals surface area contributed by atoms with Gasteiger partial charge in [-0.05, 0) is 85.9 Å². The average molecular weight is 433 g/mol. The third-order valence-corrected chi connectivity index (χ3v) is 7.26. The Morgan fingerprint density at radius 3 is 2.55 bits per heavy atom. The Bertz CT molecular complexity index is 1190. The maximum atomic E-state index is 12.5. The fourth-order valence-electron chi connectivity index (χ4n) is 5.22. The van der Waals surface area contributed by atoms with Crippen molar-refractivity contribution in [3.8, 4) is 0 Å². The van der Waals surface area contributed by atoms with Crippen molar-refractivity contribution in [1.82, 2.24) is 9.88 Å². The predicted molar refractivity (Wildman–Crippen MR) is 130 cm³/mol. The zero-order valence-electron chi connectivity index (χ0n) is 18.1. The summed E-state index contributed by atoms with van der Waals surface area (Å²) in [4.78, 5) is 18.2. The minimum Gasteiger partial charge on any atom is -0.322 e. The van der Waals surface area contributed by atoms with Gasteiger partial charge < -0.3 is 4.98 Å². The van der Waals surface area contributed by atoms with Crippen molar-refractivity contribution in [3.63, 3.8) is 0 Å². The van der Waals surface area contributed by atoms with Gasteiger partial charge in [0.15, 0.2) is 0 Å². The van der Waals surface area contributed by atoms with E-state index in [1.165, 1.54) is 34.1 Å². The smallest absolute Gasteiger partial charge is 0.251 e. The van der Waals surface area contributed by atoms with Gasteiger partial charge in [0.1, 0.15) is 0 Å². The van der Waals surface area contributed by atoms with Crippen molar-refractivity contribution in [2.75, 3.05) is 13.1 Å². The third kappa shape index (κ3) is 4.22. The van der Waals surface area contributed by atoms with Crippen molar-refractivity contribution in [2.45, 2.75) is 51.5 Å². The molecule has 31 heavy (non-hydrogen) atoms. The molecule has 1 aliphatic heterocycles. The topological polar surface area (TPSA) is 36.1 Å². The van der Waals surface area contributed by atoms with E-state index in [0.29, 0.717) is 6.04 Å². The van der Waals surface area contributed by atoms with E-state index >= 15 is 0 Å². The van der Waals surface area contributed by atoms with Gasteiger partial charge in [-0.1, -0.05) is 41.9 Å². The molecule has 1 unspecified atom stereocenters. The van der Waals surface area contributed by atoms with Crippen molar-refractivity contribution < 1.29 is 0 Å². The molecule has 2 aromatic carbocycles. The average Bonchev–Trinajstić information content (AvgIpc) is 2.80. The van der Waals surface area contributed by atoms with Crippen LogP contribution in [0.4, 0.5) is 0 Å². The van der Waals surface area contributed by atoms with Crippen LogP contribution in [0.3, 0.4) is 0 Å². The van der Waals surface area contributed by atoms with Crippen LogP contribution in [-0.4, -0.2) is 29.0 Å². The third-order valence-electron chi connectivity index (χ3n) is 7.01. The summed E-state index contributed by atoms with van der Waals surface area (Å²) in [5.41, 5.74) is 7.38. The minimum absolute atomic E-state index is 0.114. The van der Waals surface area contributed by atoms with Gasteiger partial charge in [0, 0.05) is 40.6 Å². The molecule has 1 atom stereocenters. The maximum Gasteiger partial charge on any atom is 0.251 e. The van der Waals surface area contributed by atoms with Gasteiger partial charge in [0.05, 0.1) is 0 Å². The van der Waals surface area contributed by atoms with E-state index < -0.39 is 0 Å². The highest BCUT2D eigenvalue weighted by Crippen LogP contribution is 2.28. The second-order valence-electron chi connectivity index (χ2n) is 9.03. The number of pyridine rings is 1. The molecule has 1 N–H and O–H groups in total. The zero-order valence-corrected chi connectivity index (χ0v) is 18.8. The predicted octanol–water partition coefficient (Wildman–Crippen LogP) is 5.78. The molecule has 0 spiro atoms. The minimum atomic E-state index is 0.114. The number of fused-ring (bicyclic) bond motifs is 3. The van der Waals surface area contributed by atoms with Crippen LogP contribution in [0.15, 0.2) is 53.3 Å². The summed E-state index contributed by atoms with van der Waals surface area (Å²) in [6.07, 6.45) is 8.66. The first-order valence-electron chi connectivity index (χ1n) is 11.4. The van der Waals surface area contributed by atoms with Gasteiger partial charge in [-0.15, -0.1) is 0 Å². The molecule has 0 radical (unpaired) electrons. The van der Waals surface area contributed by atoms with Gasteiger partial charge >= 0.3 is 0 Å². The van der Waals surface area contributed by atoms with E-state index in [0.717, 1.165) is 61.3 Å². The number of halogens is 1. The lowest BCUT2D eigenvalue weighted by molar-refractivity contribution is 0.229. The van der Waals surface area contributed by atoms with Crippen LogP contribution < -0.4 is 5.56 Å². The number of aryl methyl sites for hydroxylation is 1. The fourth-order valence-corrected chi connectivity index (χ4v) is 5.34. The number of aromatic nitrogens is 1. The molecule has 0 saturated heterocycles. The Hall–Kier alpha value is -2.36. The van der Waals surface area contributed by atoms with Crippen molar-refractivity contribution in [3.05, 3.63) is 86.2 Å². The Balaban J connectivity index is 1.31. The van der Waals surface area contributed by atoms with Gasteiger partial charge in [0.2, 0.25) is 0 Å². The molecule has 160 valence electrons. The van der Waals surface area contributed by atoms with E-state index in [9.17, 15) is 4.79 Å². The molecule has 1 aromatic heterocycles. The molecule has 0 fully saturated rings. The lowest BCUT2D eigenvalue weighted by Gasteiger charge is -2.32. The van der Waals surface area contributed by atoms with Crippen LogP contribution in [0.1, 0.15) is 48.4 Å². The van der Waals surface area contributed by atoms with Crippen molar-refractivity contribution in [2.24, 2.45) is 0 Å². The maximum absolute atomic E-state index is 12.5. The molecule has 2 heterocycles. The van der Waals surface area contributed by atoms with E-state index in [1.54, 1.807) is 0 Å². The normalized spacial score (nSPS) is 17.9. The highest BCUT2D eigenvalue weighted by atomic mass is 35.5. The summed E-state index contributed by atoms with van der Waals surface area (Å²) >= 11 is 6.02. The number of rotatable bonds is 4. The van der Waals surface area contributed by atoms with Crippen LogP contribution in [0.5, 0.6) is 0 Å². The Morgan fingerprint density at radius 2 is 1.81 bits per heavy atom. The summed E-state index contributed by atoms with van der Waals surface area (Å²) in [7, 11) is 0. The Labute approximate surface area is 188 Å². The van der Waals surface area contributed by atoms with Crippen LogP contribution >= 0.6 is 11.6 Å². The van der Waals surface area contributed by atoms with Crippen molar-refractivity contribution in [1.29, 1.82) is 0 Å². The molecule has 3 nitrogen and oxygen atoms in total. The largest absolute Gasteiger partial charge is 0.322 e. The quantitative estimate of drug-likeness (QED) is 0.567. The number of benzene rings is 2. The second-order valence-corrected chi connectivity index (χ2v) is 9.47. The standard InChI is InChI=1S/C27H29ClN2O/c1-18(30-14-12-21(13-15-30)20-7-9-22(28)10-8-20)16-19-6-11-24-23-4-2-3-5-25(23)27(31)29-26(24)17-19/h6-12,17-18H,2-5,13-16H2,1H3,(H,29,31). The van der Waals surface area contributed by atoms with Gasteiger partial charge in [-0.2, -0.15) is 0 Å². The zero-order chi connectivity index (χ0) is 21.4. The van der Waals surface area contributed by atoms with Crippen LogP contribution in [0.25, 0.3) is 16.5 Å². The summed E-state index contributed by atoms with van der Waals surface area (Å²) in [5, 5.41) is 2.02. The molecular weight excluding hydrogens is 404 g/mol. The van der Waals surface area contributed by atoms with Crippen molar-refractivity contribution >= 4 is 28.1 Å². The molecule has 0 amide bonds. The van der Waals surface area contributed by atoms with E-state index in [-0.39, 0.29) is 5.56 Å². The molecule has 3 aromatic rings. The van der Waals surface area contributed by atoms with Gasteiger partial charge in [0.25, 0.3) is 5.56 Å². The number of hydrogen-bond donors (Lipinski definition) is 1. The van der Waals surface area contributed by atoms with E-state index in [2.05, 4.69) is 53.2 Å². The number of aromatic amines is 1. The molecule has 4 heteroatoms. The van der Waals surface area contributed by atoms with Gasteiger partial charge in [-0.3, -0.25) is 9.69 Å². The number of nitrogens with zero attached hydrogens (tertiary/aromatic N) is 1. The van der Waals surface area contributed by atoms with E-state index in [1.807, 2.05) is 12.1 Å². The molecule has 0 saturated carbocycles. The Morgan fingerprint density at radius 1 is 1.03 bits per heavy atom. The Kier molecular flexibility index (Phi) is 5.73. The highest BCUT2D eigenvalue weighted by molar-refractivity contribution is 6.30. The summed E-state index contributed by atoms with van der Waals surface area (Å²) < 4.78 is 0. The molecule has 2 aliphatic rings. The highest BCUT2D eigenvalue weighted by Gasteiger charge is 2.20. The van der Waals surface area contributed by atoms with Gasteiger partial charge in [-0.25, -0.2) is 0 Å². The first-order chi connectivity index (χ1) is 15.1. The lowest BCUT2D eigenvalue weighted by Crippen LogP contribution is -2.37. The summed E-state index contributed by atoms with van der Waals surface area (Å²) in [6, 6.07) is 15.3. The number of hydrogen-bond acceptors (Lipinski definition) is 2. The fraction of sp³-hybridized carbons (Fsp3) is 0.370. The molecular formula is C27H29ClN2O. The summed E-state index contributed by atoms with van der Waals surface area (Å²) in [6.45, 7) is 4.34. The SMILES string of the molecule is CC(Cc1ccc2c3c(c(=O)[nH]c2c1)CCCC3)N1CC=C(c2ccc(Cl)cc2)CC1. The van der Waals surface area contributed by atoms with Crippen LogP contribution in [0.2, 0.25) is 5.02 Å². The van der Waals surface area contributed by atoms with Crippen LogP contribution in [-0.2, 0) is 19.3 Å². The number of H-pyrrole nitrogens is 1. The molecule has 5 rings (SSSR count). The molecule has 0 bridgehead atoms. The monoisotopic (exact) mass is 432 g/mol. The lowest BCUT2D eigenvalue weighted by atomic mass is 9.89. The van der Waals surface area contributed by atoms with E-state index in [4.69, 9.17) is 11.6 Å². The summed E-state index contributed by atoms with van der Waals surface area (Å²) in [5.74, 6) is 0. The molecule has 1 aliphatic carbocycles. The number of nitrogens with one attached hydrogen (secondary N) is 1.